The van der Waals surface area contributed by atoms with Crippen LogP contribution in [0.15, 0.2) is 54.9 Å². The first-order valence-electron chi connectivity index (χ1n) is 8.01. The lowest BCUT2D eigenvalue weighted by atomic mass is 10.1. The second kappa shape index (κ2) is 5.24. The van der Waals surface area contributed by atoms with E-state index in [4.69, 9.17) is 4.98 Å². The van der Waals surface area contributed by atoms with Crippen molar-refractivity contribution in [1.29, 1.82) is 0 Å². The minimum absolute atomic E-state index is 0.708. The molecule has 0 aliphatic carbocycles. The zero-order chi connectivity index (χ0) is 16.8. The number of nitrogens with one attached hydrogen (secondary N) is 2. The van der Waals surface area contributed by atoms with Gasteiger partial charge in [0.15, 0.2) is 11.5 Å². The third-order valence-corrected chi connectivity index (χ3v) is 4.34. The Labute approximate surface area is 143 Å². The van der Waals surface area contributed by atoms with Gasteiger partial charge in [-0.25, -0.2) is 9.97 Å². The van der Waals surface area contributed by atoms with Crippen LogP contribution in [-0.4, -0.2) is 30.1 Å². The van der Waals surface area contributed by atoms with Crippen LogP contribution in [0.4, 0.5) is 0 Å². The number of pyridine rings is 2. The predicted octanol–water partition coefficient (Wildman–Crippen LogP) is 3.87. The van der Waals surface area contributed by atoms with E-state index in [2.05, 4.69) is 32.1 Å². The molecule has 1 aromatic carbocycles. The molecule has 4 aromatic heterocycles. The first-order chi connectivity index (χ1) is 12.3. The maximum atomic E-state index is 4.82. The summed E-state index contributed by atoms with van der Waals surface area (Å²) in [7, 11) is 0. The normalized spacial score (nSPS) is 11.4. The van der Waals surface area contributed by atoms with Gasteiger partial charge in [0.25, 0.3) is 0 Å². The zero-order valence-corrected chi connectivity index (χ0v) is 13.5. The van der Waals surface area contributed by atoms with Gasteiger partial charge in [-0.1, -0.05) is 12.1 Å². The van der Waals surface area contributed by atoms with Gasteiger partial charge in [-0.2, -0.15) is 5.10 Å². The SMILES string of the molecule is Cc1ccncc1-c1ccc2[nH]nc(-c3nc4ccccc4[nH]3)c2n1. The fourth-order valence-corrected chi connectivity index (χ4v) is 3.01. The van der Waals surface area contributed by atoms with Gasteiger partial charge in [-0.3, -0.25) is 10.1 Å². The van der Waals surface area contributed by atoms with Crippen molar-refractivity contribution in [2.24, 2.45) is 0 Å². The Morgan fingerprint density at radius 3 is 2.72 bits per heavy atom. The molecule has 0 unspecified atom stereocenters. The molecule has 0 amide bonds. The van der Waals surface area contributed by atoms with Gasteiger partial charge in [0.1, 0.15) is 5.52 Å². The molecule has 0 atom stereocenters. The van der Waals surface area contributed by atoms with Crippen molar-refractivity contribution >= 4 is 22.1 Å². The molecule has 0 aliphatic heterocycles. The van der Waals surface area contributed by atoms with Gasteiger partial charge >= 0.3 is 0 Å². The summed E-state index contributed by atoms with van der Waals surface area (Å²) in [6.45, 7) is 2.05. The van der Waals surface area contributed by atoms with Crippen LogP contribution < -0.4 is 0 Å². The molecule has 5 aromatic rings. The molecule has 0 bridgehead atoms. The number of benzene rings is 1. The number of fused-ring (bicyclic) bond motifs is 2. The Morgan fingerprint density at radius 1 is 0.920 bits per heavy atom. The monoisotopic (exact) mass is 326 g/mol. The molecule has 120 valence electrons. The maximum absolute atomic E-state index is 4.82. The third kappa shape index (κ3) is 2.19. The van der Waals surface area contributed by atoms with Gasteiger partial charge in [0.2, 0.25) is 0 Å². The van der Waals surface area contributed by atoms with E-state index in [1.807, 2.05) is 48.7 Å². The van der Waals surface area contributed by atoms with Crippen LogP contribution in [0.5, 0.6) is 0 Å². The van der Waals surface area contributed by atoms with E-state index in [0.717, 1.165) is 44.6 Å². The van der Waals surface area contributed by atoms with Crippen LogP contribution in [-0.2, 0) is 0 Å². The molecule has 5 rings (SSSR count). The van der Waals surface area contributed by atoms with Crippen LogP contribution in [0.2, 0.25) is 0 Å². The number of H-pyrrole nitrogens is 2. The Kier molecular flexibility index (Phi) is 2.90. The van der Waals surface area contributed by atoms with Crippen LogP contribution in [0, 0.1) is 6.92 Å². The van der Waals surface area contributed by atoms with E-state index in [9.17, 15) is 0 Å². The number of hydrogen-bond acceptors (Lipinski definition) is 4. The molecule has 0 fully saturated rings. The molecule has 0 saturated carbocycles. The van der Waals surface area contributed by atoms with Gasteiger partial charge in [0.05, 0.1) is 22.2 Å². The molecule has 2 N–H and O–H groups in total. The molecule has 25 heavy (non-hydrogen) atoms. The van der Waals surface area contributed by atoms with Gasteiger partial charge < -0.3 is 4.98 Å². The highest BCUT2D eigenvalue weighted by Crippen LogP contribution is 2.28. The van der Waals surface area contributed by atoms with Gasteiger partial charge in [-0.05, 0) is 42.8 Å². The highest BCUT2D eigenvalue weighted by Gasteiger charge is 2.15. The Hall–Kier alpha value is -3.54. The molecule has 0 aliphatic rings. The average Bonchev–Trinajstić information content (AvgIpc) is 3.25. The number of imidazole rings is 1. The highest BCUT2D eigenvalue weighted by atomic mass is 15.1. The van der Waals surface area contributed by atoms with Crippen LogP contribution >= 0.6 is 0 Å². The van der Waals surface area contributed by atoms with Crippen molar-refractivity contribution in [3.05, 3.63) is 60.4 Å². The first-order valence-corrected chi connectivity index (χ1v) is 8.01. The lowest BCUT2D eigenvalue weighted by molar-refractivity contribution is 1.10. The Bertz CT molecular complexity index is 1180. The average molecular weight is 326 g/mol. The Morgan fingerprint density at radius 2 is 1.84 bits per heavy atom. The summed E-state index contributed by atoms with van der Waals surface area (Å²) >= 11 is 0. The summed E-state index contributed by atoms with van der Waals surface area (Å²) in [5, 5.41) is 7.46. The topological polar surface area (TPSA) is 83.1 Å². The van der Waals surface area contributed by atoms with E-state index in [1.54, 1.807) is 6.20 Å². The summed E-state index contributed by atoms with van der Waals surface area (Å²) in [5.41, 5.74) is 7.30. The number of aryl methyl sites for hydroxylation is 1. The zero-order valence-electron chi connectivity index (χ0n) is 13.5. The highest BCUT2D eigenvalue weighted by molar-refractivity contribution is 5.91. The van der Waals surface area contributed by atoms with Crippen LogP contribution in [0.1, 0.15) is 5.56 Å². The largest absolute Gasteiger partial charge is 0.337 e. The number of para-hydroxylation sites is 2. The predicted molar refractivity (Wildman–Crippen MR) is 96.9 cm³/mol. The van der Waals surface area contributed by atoms with Crippen LogP contribution in [0.3, 0.4) is 0 Å². The standard InChI is InChI=1S/C19H14N6/c1-11-8-9-20-10-12(11)13-6-7-16-17(21-13)18(25-24-16)19-22-14-4-2-3-5-15(14)23-19/h2-10H,1H3,(H,22,23)(H,24,25). The lowest BCUT2D eigenvalue weighted by Gasteiger charge is -2.04. The molecule has 0 spiro atoms. The van der Waals surface area contributed by atoms with Crippen molar-refractivity contribution in [3.63, 3.8) is 0 Å². The van der Waals surface area contributed by atoms with Gasteiger partial charge in [-0.15, -0.1) is 0 Å². The molecule has 4 heterocycles. The number of nitrogens with zero attached hydrogens (tertiary/aromatic N) is 4. The summed E-state index contributed by atoms with van der Waals surface area (Å²) in [6.07, 6.45) is 3.62. The summed E-state index contributed by atoms with van der Waals surface area (Å²) in [4.78, 5) is 17.0. The quantitative estimate of drug-likeness (QED) is 0.516. The van der Waals surface area contributed by atoms with E-state index >= 15 is 0 Å². The molecular formula is C19H14N6. The number of hydrogen-bond donors (Lipinski definition) is 2. The minimum atomic E-state index is 0.708. The minimum Gasteiger partial charge on any atom is -0.337 e. The van der Waals surface area contributed by atoms with Crippen molar-refractivity contribution in [2.45, 2.75) is 6.92 Å². The smallest absolute Gasteiger partial charge is 0.161 e. The molecular weight excluding hydrogens is 312 g/mol. The third-order valence-electron chi connectivity index (χ3n) is 4.34. The Balaban J connectivity index is 1.71. The summed E-state index contributed by atoms with van der Waals surface area (Å²) in [5.74, 6) is 0.708. The van der Waals surface area contributed by atoms with E-state index in [-0.39, 0.29) is 0 Å². The fourth-order valence-electron chi connectivity index (χ4n) is 3.01. The number of aromatic amines is 2. The van der Waals surface area contributed by atoms with E-state index in [0.29, 0.717) is 5.82 Å². The second-order valence-corrected chi connectivity index (χ2v) is 5.96. The molecule has 0 radical (unpaired) electrons. The van der Waals surface area contributed by atoms with Crippen molar-refractivity contribution in [2.75, 3.05) is 0 Å². The summed E-state index contributed by atoms with van der Waals surface area (Å²) in [6, 6.07) is 13.9. The van der Waals surface area contributed by atoms with Crippen molar-refractivity contribution in [1.82, 2.24) is 30.1 Å². The van der Waals surface area contributed by atoms with E-state index in [1.165, 1.54) is 0 Å². The summed E-state index contributed by atoms with van der Waals surface area (Å²) < 4.78 is 0. The second-order valence-electron chi connectivity index (χ2n) is 5.96. The van der Waals surface area contributed by atoms with Crippen molar-refractivity contribution < 1.29 is 0 Å². The van der Waals surface area contributed by atoms with Crippen LogP contribution in [0.25, 0.3) is 44.8 Å². The number of aromatic nitrogens is 6. The number of rotatable bonds is 2. The van der Waals surface area contributed by atoms with Gasteiger partial charge in [0, 0.05) is 18.0 Å². The molecule has 6 heteroatoms. The fraction of sp³-hybridized carbons (Fsp3) is 0.0526. The lowest BCUT2D eigenvalue weighted by Crippen LogP contribution is -1.90. The van der Waals surface area contributed by atoms with Crippen molar-refractivity contribution in [3.8, 4) is 22.8 Å². The molecule has 0 saturated heterocycles. The molecule has 6 nitrogen and oxygen atoms in total. The van der Waals surface area contributed by atoms with E-state index < -0.39 is 0 Å². The first kappa shape index (κ1) is 13.9. The maximum Gasteiger partial charge on any atom is 0.161 e.